The Hall–Kier alpha value is -0.730. The molecule has 1 heterocycles. The van der Waals surface area contributed by atoms with E-state index in [0.717, 1.165) is 29.7 Å². The van der Waals surface area contributed by atoms with E-state index in [2.05, 4.69) is 26.1 Å². The van der Waals surface area contributed by atoms with Gasteiger partial charge < -0.3 is 10.1 Å². The van der Waals surface area contributed by atoms with Crippen molar-refractivity contribution in [1.82, 2.24) is 5.32 Å². The number of benzene rings is 1. The molecule has 0 bridgehead atoms. The highest BCUT2D eigenvalue weighted by atomic mass is 35.5. The summed E-state index contributed by atoms with van der Waals surface area (Å²) in [4.78, 5) is 0. The number of nitrogens with one attached hydrogen (secondary N) is 1. The fourth-order valence-corrected chi connectivity index (χ4v) is 2.78. The van der Waals surface area contributed by atoms with Gasteiger partial charge in [-0.25, -0.2) is 0 Å². The zero-order chi connectivity index (χ0) is 13.8. The lowest BCUT2D eigenvalue weighted by molar-refractivity contribution is 0.219. The number of fused-ring (bicyclic) bond motifs is 1. The summed E-state index contributed by atoms with van der Waals surface area (Å²) in [7, 11) is 0. The van der Waals surface area contributed by atoms with Crippen LogP contribution < -0.4 is 10.1 Å². The molecule has 1 N–H and O–H groups in total. The van der Waals surface area contributed by atoms with Gasteiger partial charge in [0, 0.05) is 24.0 Å². The molecule has 0 spiro atoms. The molecule has 3 heteroatoms. The lowest BCUT2D eigenvalue weighted by Gasteiger charge is -2.19. The average molecular weight is 282 g/mol. The Labute approximate surface area is 121 Å². The molecule has 1 aliphatic rings. The molecule has 0 aliphatic carbocycles. The van der Waals surface area contributed by atoms with Crippen molar-refractivity contribution < 1.29 is 4.74 Å². The molecule has 106 valence electrons. The lowest BCUT2D eigenvalue weighted by Crippen LogP contribution is -2.36. The third-order valence-corrected chi connectivity index (χ3v) is 4.15. The summed E-state index contributed by atoms with van der Waals surface area (Å²) < 4.78 is 5.92. The van der Waals surface area contributed by atoms with Gasteiger partial charge in [-0.05, 0) is 43.0 Å². The van der Waals surface area contributed by atoms with E-state index in [1.807, 2.05) is 18.2 Å². The number of hydrogen-bond donors (Lipinski definition) is 1. The number of hydrogen-bond acceptors (Lipinski definition) is 2. The Morgan fingerprint density at radius 1 is 1.42 bits per heavy atom. The van der Waals surface area contributed by atoms with Crippen LogP contribution in [-0.4, -0.2) is 18.7 Å². The second kappa shape index (κ2) is 6.62. The first kappa shape index (κ1) is 14.7. The van der Waals surface area contributed by atoms with Crippen LogP contribution in [0.5, 0.6) is 5.75 Å². The maximum Gasteiger partial charge on any atom is 0.123 e. The average Bonchev–Trinajstić information content (AvgIpc) is 2.78. The van der Waals surface area contributed by atoms with E-state index in [4.69, 9.17) is 16.3 Å². The molecule has 1 aliphatic heterocycles. The molecule has 1 aromatic rings. The van der Waals surface area contributed by atoms with Crippen LogP contribution in [0.2, 0.25) is 5.02 Å². The summed E-state index contributed by atoms with van der Waals surface area (Å²) >= 11 is 6.00. The van der Waals surface area contributed by atoms with Crippen molar-refractivity contribution >= 4 is 11.6 Å². The third kappa shape index (κ3) is 4.12. The molecule has 2 nitrogen and oxygen atoms in total. The minimum Gasteiger partial charge on any atom is -0.488 e. The maximum absolute atomic E-state index is 6.00. The molecule has 0 aromatic heterocycles. The summed E-state index contributed by atoms with van der Waals surface area (Å²) in [5, 5.41) is 4.37. The normalized spacial score (nSPS) is 20.7. The molecule has 19 heavy (non-hydrogen) atoms. The molecule has 0 amide bonds. The molecule has 2 rings (SSSR count). The summed E-state index contributed by atoms with van der Waals surface area (Å²) in [5.41, 5.74) is 1.23. The van der Waals surface area contributed by atoms with Crippen molar-refractivity contribution in [3.63, 3.8) is 0 Å². The highest BCUT2D eigenvalue weighted by Gasteiger charge is 2.23. The zero-order valence-electron chi connectivity index (χ0n) is 12.1. The van der Waals surface area contributed by atoms with Crippen LogP contribution in [0, 0.1) is 5.92 Å². The van der Waals surface area contributed by atoms with Crippen molar-refractivity contribution in [3.05, 3.63) is 28.8 Å². The van der Waals surface area contributed by atoms with Gasteiger partial charge in [0.05, 0.1) is 0 Å². The topological polar surface area (TPSA) is 21.3 Å². The Balaban J connectivity index is 1.78. The monoisotopic (exact) mass is 281 g/mol. The first-order valence-corrected chi connectivity index (χ1v) is 7.64. The SMILES string of the molecule is CCC(C)CC(C)NCC1Cc2cc(Cl)ccc2O1. The summed E-state index contributed by atoms with van der Waals surface area (Å²) in [6, 6.07) is 6.42. The predicted octanol–water partition coefficient (Wildman–Crippen LogP) is 4.06. The zero-order valence-corrected chi connectivity index (χ0v) is 12.8. The fourth-order valence-electron chi connectivity index (χ4n) is 2.59. The van der Waals surface area contributed by atoms with E-state index in [1.54, 1.807) is 0 Å². The number of ether oxygens (including phenoxy) is 1. The Morgan fingerprint density at radius 3 is 2.95 bits per heavy atom. The van der Waals surface area contributed by atoms with Crippen molar-refractivity contribution in [2.45, 2.75) is 52.2 Å². The third-order valence-electron chi connectivity index (χ3n) is 3.91. The molecule has 0 saturated carbocycles. The van der Waals surface area contributed by atoms with Gasteiger partial charge in [0.15, 0.2) is 0 Å². The minimum absolute atomic E-state index is 0.243. The van der Waals surface area contributed by atoms with Crippen LogP contribution >= 0.6 is 11.6 Å². The molecule has 3 unspecified atom stereocenters. The Bertz CT molecular complexity index is 421. The van der Waals surface area contributed by atoms with E-state index in [9.17, 15) is 0 Å². The largest absolute Gasteiger partial charge is 0.488 e. The molecule has 0 fully saturated rings. The van der Waals surface area contributed by atoms with Gasteiger partial charge in [-0.1, -0.05) is 31.9 Å². The van der Waals surface area contributed by atoms with Crippen molar-refractivity contribution in [3.8, 4) is 5.75 Å². The summed E-state index contributed by atoms with van der Waals surface area (Å²) in [6.07, 6.45) is 3.67. The van der Waals surface area contributed by atoms with E-state index in [1.165, 1.54) is 18.4 Å². The summed E-state index contributed by atoms with van der Waals surface area (Å²) in [6.45, 7) is 7.72. The van der Waals surface area contributed by atoms with Gasteiger partial charge in [-0.3, -0.25) is 0 Å². The number of rotatable bonds is 6. The van der Waals surface area contributed by atoms with E-state index >= 15 is 0 Å². The van der Waals surface area contributed by atoms with Crippen molar-refractivity contribution in [2.24, 2.45) is 5.92 Å². The fraction of sp³-hybridized carbons (Fsp3) is 0.625. The maximum atomic E-state index is 6.00. The highest BCUT2D eigenvalue weighted by molar-refractivity contribution is 6.30. The Morgan fingerprint density at radius 2 is 2.21 bits per heavy atom. The number of halogens is 1. The first-order valence-electron chi connectivity index (χ1n) is 7.27. The van der Waals surface area contributed by atoms with E-state index in [0.29, 0.717) is 6.04 Å². The van der Waals surface area contributed by atoms with Gasteiger partial charge in [0.1, 0.15) is 11.9 Å². The second-order valence-electron chi connectivity index (χ2n) is 5.75. The van der Waals surface area contributed by atoms with Crippen LogP contribution in [-0.2, 0) is 6.42 Å². The van der Waals surface area contributed by atoms with Crippen LogP contribution in [0.1, 0.15) is 39.2 Å². The highest BCUT2D eigenvalue weighted by Crippen LogP contribution is 2.30. The molecule has 0 saturated heterocycles. The first-order chi connectivity index (χ1) is 9.08. The van der Waals surface area contributed by atoms with Crippen LogP contribution in [0.25, 0.3) is 0 Å². The Kier molecular flexibility index (Phi) is 5.12. The predicted molar refractivity (Wildman–Crippen MR) is 81.1 cm³/mol. The van der Waals surface area contributed by atoms with Gasteiger partial charge in [-0.15, -0.1) is 0 Å². The quantitative estimate of drug-likeness (QED) is 0.849. The second-order valence-corrected chi connectivity index (χ2v) is 6.19. The molecular formula is C16H24ClNO. The smallest absolute Gasteiger partial charge is 0.123 e. The summed E-state index contributed by atoms with van der Waals surface area (Å²) in [5.74, 6) is 1.77. The molecule has 3 atom stereocenters. The van der Waals surface area contributed by atoms with Crippen molar-refractivity contribution in [1.29, 1.82) is 0 Å². The van der Waals surface area contributed by atoms with E-state index < -0.39 is 0 Å². The van der Waals surface area contributed by atoms with Gasteiger partial charge in [0.2, 0.25) is 0 Å². The van der Waals surface area contributed by atoms with E-state index in [-0.39, 0.29) is 6.10 Å². The molecular weight excluding hydrogens is 258 g/mol. The van der Waals surface area contributed by atoms with Gasteiger partial charge in [-0.2, -0.15) is 0 Å². The lowest BCUT2D eigenvalue weighted by atomic mass is 10.0. The molecule has 0 radical (unpaired) electrons. The van der Waals surface area contributed by atoms with Crippen LogP contribution in [0.15, 0.2) is 18.2 Å². The minimum atomic E-state index is 0.243. The van der Waals surface area contributed by atoms with Gasteiger partial charge >= 0.3 is 0 Å². The van der Waals surface area contributed by atoms with Gasteiger partial charge in [0.25, 0.3) is 0 Å². The molecule has 1 aromatic carbocycles. The van der Waals surface area contributed by atoms with Crippen LogP contribution in [0.3, 0.4) is 0 Å². The standard InChI is InChI=1S/C16H24ClNO/c1-4-11(2)7-12(3)18-10-15-9-13-8-14(17)5-6-16(13)19-15/h5-6,8,11-12,15,18H,4,7,9-10H2,1-3H3. The van der Waals surface area contributed by atoms with Crippen molar-refractivity contribution in [2.75, 3.05) is 6.54 Å². The van der Waals surface area contributed by atoms with Crippen LogP contribution in [0.4, 0.5) is 0 Å².